The van der Waals surface area contributed by atoms with E-state index in [2.05, 4.69) is 26.2 Å². The summed E-state index contributed by atoms with van der Waals surface area (Å²) in [5.74, 6) is -0.391. The van der Waals surface area contributed by atoms with Crippen LogP contribution in [0.4, 0.5) is 0 Å². The summed E-state index contributed by atoms with van der Waals surface area (Å²) in [6.07, 6.45) is 0. The molecule has 4 nitrogen and oxygen atoms in total. The Labute approximate surface area is 151 Å². The first-order chi connectivity index (χ1) is 11.6. The van der Waals surface area contributed by atoms with Crippen LogP contribution in [0.15, 0.2) is 63.2 Å². The van der Waals surface area contributed by atoms with E-state index in [1.54, 1.807) is 12.1 Å². The molecule has 6 heteroatoms. The number of thiophene rings is 1. The van der Waals surface area contributed by atoms with Crippen molar-refractivity contribution in [1.82, 2.24) is 10.3 Å². The minimum Gasteiger partial charge on any atom is -0.345 e. The van der Waals surface area contributed by atoms with Crippen LogP contribution in [0.5, 0.6) is 0 Å². The number of carbonyl (C=O) groups is 1. The molecule has 122 valence electrons. The summed E-state index contributed by atoms with van der Waals surface area (Å²) in [4.78, 5) is 28.4. The summed E-state index contributed by atoms with van der Waals surface area (Å²) < 4.78 is 0.916. The number of pyridine rings is 1. The number of amides is 1. The molecule has 0 saturated carbocycles. The molecule has 3 aromatic rings. The van der Waals surface area contributed by atoms with E-state index in [1.165, 1.54) is 11.3 Å². The van der Waals surface area contributed by atoms with Crippen LogP contribution < -0.4 is 10.9 Å². The summed E-state index contributed by atoms with van der Waals surface area (Å²) in [6.45, 7) is 1.88. The fraction of sp³-hybridized carbons (Fsp3) is 0.111. The maximum Gasteiger partial charge on any atom is 0.261 e. The molecule has 2 heterocycles. The van der Waals surface area contributed by atoms with E-state index in [4.69, 9.17) is 0 Å². The number of halogens is 1. The molecule has 0 bridgehead atoms. The van der Waals surface area contributed by atoms with Gasteiger partial charge in [0.2, 0.25) is 0 Å². The van der Waals surface area contributed by atoms with Crippen LogP contribution in [0.1, 0.15) is 28.9 Å². The molecule has 2 N–H and O–H groups in total. The molecule has 2 aromatic heterocycles. The monoisotopic (exact) mass is 402 g/mol. The largest absolute Gasteiger partial charge is 0.345 e. The Hall–Kier alpha value is -2.18. The smallest absolute Gasteiger partial charge is 0.261 e. The van der Waals surface area contributed by atoms with E-state index in [1.807, 2.05) is 48.7 Å². The molecule has 0 aliphatic heterocycles. The van der Waals surface area contributed by atoms with Crippen LogP contribution in [-0.2, 0) is 0 Å². The highest BCUT2D eigenvalue weighted by molar-refractivity contribution is 9.10. The van der Waals surface area contributed by atoms with Crippen molar-refractivity contribution in [3.05, 3.63) is 79.9 Å². The van der Waals surface area contributed by atoms with Crippen molar-refractivity contribution in [3.8, 4) is 10.6 Å². The van der Waals surface area contributed by atoms with Gasteiger partial charge in [-0.05, 0) is 42.1 Å². The van der Waals surface area contributed by atoms with Gasteiger partial charge in [0.05, 0.1) is 16.6 Å². The van der Waals surface area contributed by atoms with Crippen molar-refractivity contribution in [2.45, 2.75) is 13.0 Å². The predicted octanol–water partition coefficient (Wildman–Crippen LogP) is 4.36. The molecule has 1 aromatic carbocycles. The summed E-state index contributed by atoms with van der Waals surface area (Å²) >= 11 is 5.00. The number of hydrogen-bond donors (Lipinski definition) is 2. The van der Waals surface area contributed by atoms with Gasteiger partial charge >= 0.3 is 0 Å². The van der Waals surface area contributed by atoms with Crippen molar-refractivity contribution in [2.75, 3.05) is 0 Å². The van der Waals surface area contributed by atoms with Crippen LogP contribution in [-0.4, -0.2) is 10.9 Å². The van der Waals surface area contributed by atoms with Gasteiger partial charge in [0.15, 0.2) is 0 Å². The molecular weight excluding hydrogens is 388 g/mol. The fourth-order valence-corrected chi connectivity index (χ4v) is 3.74. The van der Waals surface area contributed by atoms with Gasteiger partial charge in [-0.3, -0.25) is 9.59 Å². The maximum absolute atomic E-state index is 12.4. The van der Waals surface area contributed by atoms with E-state index in [0.717, 1.165) is 14.9 Å². The zero-order valence-electron chi connectivity index (χ0n) is 12.9. The Balaban J connectivity index is 1.81. The number of aromatic amines is 1. The lowest BCUT2D eigenvalue weighted by atomic mass is 10.1. The molecular formula is C18H15BrN2O2S. The molecule has 0 fully saturated rings. The van der Waals surface area contributed by atoms with E-state index >= 15 is 0 Å². The fourth-order valence-electron chi connectivity index (χ4n) is 2.41. The van der Waals surface area contributed by atoms with E-state index in [-0.39, 0.29) is 11.6 Å². The van der Waals surface area contributed by atoms with Gasteiger partial charge in [0.1, 0.15) is 5.56 Å². The van der Waals surface area contributed by atoms with Gasteiger partial charge < -0.3 is 10.3 Å². The van der Waals surface area contributed by atoms with Crippen LogP contribution in [0.3, 0.4) is 0 Å². The lowest BCUT2D eigenvalue weighted by molar-refractivity contribution is 0.0938. The first kappa shape index (κ1) is 16.7. The third-order valence-electron chi connectivity index (χ3n) is 3.66. The summed E-state index contributed by atoms with van der Waals surface area (Å²) in [7, 11) is 0. The second-order valence-corrected chi connectivity index (χ2v) is 7.11. The van der Waals surface area contributed by atoms with Gasteiger partial charge in [-0.15, -0.1) is 11.3 Å². The lowest BCUT2D eigenvalue weighted by Gasteiger charge is -2.15. The number of H-pyrrole nitrogens is 1. The van der Waals surface area contributed by atoms with E-state index < -0.39 is 11.5 Å². The number of hydrogen-bond acceptors (Lipinski definition) is 3. The van der Waals surface area contributed by atoms with E-state index in [0.29, 0.717) is 5.69 Å². The quantitative estimate of drug-likeness (QED) is 0.680. The van der Waals surface area contributed by atoms with Crippen LogP contribution in [0, 0.1) is 0 Å². The molecule has 0 aliphatic carbocycles. The number of benzene rings is 1. The minimum absolute atomic E-state index is 0.106. The summed E-state index contributed by atoms with van der Waals surface area (Å²) in [5.41, 5.74) is 1.38. The van der Waals surface area contributed by atoms with E-state index in [9.17, 15) is 9.59 Å². The Morgan fingerprint density at radius 3 is 2.62 bits per heavy atom. The van der Waals surface area contributed by atoms with Crippen LogP contribution in [0.2, 0.25) is 0 Å². The predicted molar refractivity (Wildman–Crippen MR) is 100 cm³/mol. The number of carbonyl (C=O) groups excluding carboxylic acids is 1. The SMILES string of the molecule is CC(NC(=O)c1ccc(-c2cccs2)[nH]c1=O)c1ccccc1Br. The second kappa shape index (κ2) is 7.15. The molecule has 0 aliphatic rings. The number of nitrogens with one attached hydrogen (secondary N) is 2. The Morgan fingerprint density at radius 1 is 1.17 bits per heavy atom. The van der Waals surface area contributed by atoms with Gasteiger partial charge in [-0.25, -0.2) is 0 Å². The third-order valence-corrected chi connectivity index (χ3v) is 5.29. The Kier molecular flexibility index (Phi) is 4.97. The molecule has 1 atom stereocenters. The molecule has 24 heavy (non-hydrogen) atoms. The van der Waals surface area contributed by atoms with Crippen molar-refractivity contribution in [1.29, 1.82) is 0 Å². The zero-order valence-corrected chi connectivity index (χ0v) is 15.3. The molecule has 0 saturated heterocycles. The van der Waals surface area contributed by atoms with Crippen molar-refractivity contribution in [2.24, 2.45) is 0 Å². The minimum atomic E-state index is -0.391. The average molecular weight is 403 g/mol. The normalized spacial score (nSPS) is 11.9. The topological polar surface area (TPSA) is 62.0 Å². The highest BCUT2D eigenvalue weighted by Gasteiger charge is 2.16. The Bertz CT molecular complexity index is 919. The third kappa shape index (κ3) is 3.49. The van der Waals surface area contributed by atoms with Gasteiger partial charge in [0.25, 0.3) is 11.5 Å². The zero-order chi connectivity index (χ0) is 17.1. The highest BCUT2D eigenvalue weighted by atomic mass is 79.9. The van der Waals surface area contributed by atoms with Gasteiger partial charge in [-0.2, -0.15) is 0 Å². The molecule has 1 amide bonds. The summed E-state index contributed by atoms with van der Waals surface area (Å²) in [6, 6.07) is 14.6. The molecule has 1 unspecified atom stereocenters. The van der Waals surface area contributed by atoms with Crippen LogP contribution in [0.25, 0.3) is 10.6 Å². The highest BCUT2D eigenvalue weighted by Crippen LogP contribution is 2.23. The first-order valence-electron chi connectivity index (χ1n) is 7.39. The maximum atomic E-state index is 12.4. The van der Waals surface area contributed by atoms with Crippen LogP contribution >= 0.6 is 27.3 Å². The van der Waals surface area contributed by atoms with Crippen molar-refractivity contribution >= 4 is 33.2 Å². The lowest BCUT2D eigenvalue weighted by Crippen LogP contribution is -2.31. The summed E-state index contributed by atoms with van der Waals surface area (Å²) in [5, 5.41) is 4.80. The molecule has 0 spiro atoms. The van der Waals surface area contributed by atoms with Gasteiger partial charge in [0, 0.05) is 4.47 Å². The number of rotatable bonds is 4. The average Bonchev–Trinajstić information content (AvgIpc) is 3.09. The van der Waals surface area contributed by atoms with Crippen molar-refractivity contribution in [3.63, 3.8) is 0 Å². The Morgan fingerprint density at radius 2 is 1.96 bits per heavy atom. The van der Waals surface area contributed by atoms with Gasteiger partial charge in [-0.1, -0.05) is 40.2 Å². The second-order valence-electron chi connectivity index (χ2n) is 5.31. The molecule has 0 radical (unpaired) electrons. The molecule has 3 rings (SSSR count). The standard InChI is InChI=1S/C18H15BrN2O2S/c1-11(12-5-2-3-6-14(12)19)20-17(22)13-8-9-15(21-18(13)23)16-7-4-10-24-16/h2-11H,1H3,(H,20,22)(H,21,23). The first-order valence-corrected chi connectivity index (χ1v) is 9.06. The number of aromatic nitrogens is 1. The van der Waals surface area contributed by atoms with Crippen molar-refractivity contribution < 1.29 is 4.79 Å².